The summed E-state index contributed by atoms with van der Waals surface area (Å²) in [6.45, 7) is 0.604. The van der Waals surface area contributed by atoms with Crippen LogP contribution < -0.4 is 15.2 Å². The van der Waals surface area contributed by atoms with E-state index in [-0.39, 0.29) is 22.8 Å². The third kappa shape index (κ3) is 3.00. The van der Waals surface area contributed by atoms with Gasteiger partial charge in [0.25, 0.3) is 0 Å². The SMILES string of the molecule is COc1cc(N)ccc1S(=O)(=O)NC1CCOC1C1CC1. The maximum absolute atomic E-state index is 12.6. The van der Waals surface area contributed by atoms with E-state index in [9.17, 15) is 8.42 Å². The highest BCUT2D eigenvalue weighted by Gasteiger charge is 2.42. The molecular weight excluding hydrogens is 292 g/mol. The lowest BCUT2D eigenvalue weighted by Crippen LogP contribution is -2.41. The van der Waals surface area contributed by atoms with Crippen molar-refractivity contribution in [1.29, 1.82) is 0 Å². The van der Waals surface area contributed by atoms with Gasteiger partial charge >= 0.3 is 0 Å². The zero-order chi connectivity index (χ0) is 15.0. The van der Waals surface area contributed by atoms with E-state index in [4.69, 9.17) is 15.2 Å². The summed E-state index contributed by atoms with van der Waals surface area (Å²) in [7, 11) is -2.22. The summed E-state index contributed by atoms with van der Waals surface area (Å²) in [5.74, 6) is 0.748. The van der Waals surface area contributed by atoms with E-state index in [0.717, 1.165) is 12.8 Å². The van der Waals surface area contributed by atoms with Gasteiger partial charge in [0.15, 0.2) is 0 Å². The molecule has 0 aromatic heterocycles. The van der Waals surface area contributed by atoms with Crippen molar-refractivity contribution in [2.24, 2.45) is 5.92 Å². The van der Waals surface area contributed by atoms with Crippen molar-refractivity contribution in [2.45, 2.75) is 36.3 Å². The number of sulfonamides is 1. The number of anilines is 1. The predicted octanol–water partition coefficient (Wildman–Crippen LogP) is 1.12. The molecule has 0 bridgehead atoms. The molecule has 1 heterocycles. The Morgan fingerprint density at radius 2 is 2.10 bits per heavy atom. The maximum Gasteiger partial charge on any atom is 0.244 e. The lowest BCUT2D eigenvalue weighted by molar-refractivity contribution is 0.0848. The van der Waals surface area contributed by atoms with Crippen molar-refractivity contribution < 1.29 is 17.9 Å². The summed E-state index contributed by atoms with van der Waals surface area (Å²) in [5.41, 5.74) is 6.13. The number of hydrogen-bond donors (Lipinski definition) is 2. The highest BCUT2D eigenvalue weighted by Crippen LogP contribution is 2.39. The molecule has 2 aliphatic rings. The second-order valence-electron chi connectivity index (χ2n) is 5.60. The molecule has 1 aliphatic heterocycles. The minimum atomic E-state index is -3.65. The molecule has 0 radical (unpaired) electrons. The highest BCUT2D eigenvalue weighted by atomic mass is 32.2. The fraction of sp³-hybridized carbons (Fsp3) is 0.571. The number of nitrogen functional groups attached to an aromatic ring is 1. The second kappa shape index (κ2) is 5.47. The van der Waals surface area contributed by atoms with Gasteiger partial charge in [0.05, 0.1) is 19.3 Å². The Morgan fingerprint density at radius 3 is 2.76 bits per heavy atom. The van der Waals surface area contributed by atoms with E-state index < -0.39 is 10.0 Å². The van der Waals surface area contributed by atoms with Gasteiger partial charge in [-0.25, -0.2) is 13.1 Å². The van der Waals surface area contributed by atoms with Crippen molar-refractivity contribution in [1.82, 2.24) is 4.72 Å². The molecule has 1 saturated carbocycles. The first kappa shape index (κ1) is 14.6. The lowest BCUT2D eigenvalue weighted by Gasteiger charge is -2.20. The van der Waals surface area contributed by atoms with Gasteiger partial charge in [-0.1, -0.05) is 0 Å². The fourth-order valence-electron chi connectivity index (χ4n) is 2.80. The molecule has 116 valence electrons. The average molecular weight is 312 g/mol. The molecule has 1 aliphatic carbocycles. The number of benzene rings is 1. The quantitative estimate of drug-likeness (QED) is 0.795. The average Bonchev–Trinajstić information content (AvgIpc) is 3.19. The van der Waals surface area contributed by atoms with E-state index in [1.807, 2.05) is 0 Å². The van der Waals surface area contributed by atoms with Crippen LogP contribution in [-0.4, -0.2) is 34.3 Å². The van der Waals surface area contributed by atoms with Crippen LogP contribution in [0.5, 0.6) is 5.75 Å². The molecule has 3 rings (SSSR count). The first-order valence-corrected chi connectivity index (χ1v) is 8.57. The molecule has 0 spiro atoms. The molecule has 1 aromatic rings. The van der Waals surface area contributed by atoms with E-state index in [0.29, 0.717) is 24.6 Å². The lowest BCUT2D eigenvalue weighted by atomic mass is 10.1. The molecule has 3 N–H and O–H groups in total. The molecule has 2 unspecified atom stereocenters. The van der Waals surface area contributed by atoms with Crippen LogP contribution in [0.1, 0.15) is 19.3 Å². The summed E-state index contributed by atoms with van der Waals surface area (Å²) in [6.07, 6.45) is 2.94. The van der Waals surface area contributed by atoms with Crippen LogP contribution in [0.2, 0.25) is 0 Å². The molecule has 2 atom stereocenters. The number of rotatable bonds is 5. The Labute approximate surface area is 124 Å². The normalized spacial score (nSPS) is 26.0. The van der Waals surface area contributed by atoms with Gasteiger partial charge in [-0.15, -0.1) is 0 Å². The van der Waals surface area contributed by atoms with E-state index >= 15 is 0 Å². The summed E-state index contributed by atoms with van der Waals surface area (Å²) >= 11 is 0. The molecule has 6 nitrogen and oxygen atoms in total. The molecule has 0 amide bonds. The van der Waals surface area contributed by atoms with Gasteiger partial charge in [-0.3, -0.25) is 0 Å². The van der Waals surface area contributed by atoms with Crippen molar-refractivity contribution >= 4 is 15.7 Å². The predicted molar refractivity (Wildman–Crippen MR) is 78.6 cm³/mol. The van der Waals surface area contributed by atoms with Crippen LogP contribution >= 0.6 is 0 Å². The minimum Gasteiger partial charge on any atom is -0.495 e. The van der Waals surface area contributed by atoms with Crippen molar-refractivity contribution in [3.8, 4) is 5.75 Å². The monoisotopic (exact) mass is 312 g/mol. The van der Waals surface area contributed by atoms with Crippen LogP contribution in [0.3, 0.4) is 0 Å². The third-order valence-electron chi connectivity index (χ3n) is 4.01. The molecule has 2 fully saturated rings. The van der Waals surface area contributed by atoms with Crippen molar-refractivity contribution in [3.05, 3.63) is 18.2 Å². The van der Waals surface area contributed by atoms with Crippen LogP contribution in [0.4, 0.5) is 5.69 Å². The summed E-state index contributed by atoms with van der Waals surface area (Å²) in [5, 5.41) is 0. The number of ether oxygens (including phenoxy) is 2. The van der Waals surface area contributed by atoms with Gasteiger partial charge < -0.3 is 15.2 Å². The second-order valence-corrected chi connectivity index (χ2v) is 7.28. The van der Waals surface area contributed by atoms with Gasteiger partial charge in [0, 0.05) is 18.4 Å². The number of nitrogens with one attached hydrogen (secondary N) is 1. The number of hydrogen-bond acceptors (Lipinski definition) is 5. The van der Waals surface area contributed by atoms with Crippen molar-refractivity contribution in [2.75, 3.05) is 19.5 Å². The smallest absolute Gasteiger partial charge is 0.244 e. The van der Waals surface area contributed by atoms with E-state index in [1.54, 1.807) is 6.07 Å². The van der Waals surface area contributed by atoms with E-state index in [2.05, 4.69) is 4.72 Å². The Bertz CT molecular complexity index is 628. The topological polar surface area (TPSA) is 90.7 Å². The van der Waals surface area contributed by atoms with Crippen LogP contribution in [0.25, 0.3) is 0 Å². The molecular formula is C14H20N2O4S. The molecule has 1 saturated heterocycles. The van der Waals surface area contributed by atoms with Crippen LogP contribution in [-0.2, 0) is 14.8 Å². The van der Waals surface area contributed by atoms with Gasteiger partial charge in [-0.05, 0) is 37.3 Å². The Kier molecular flexibility index (Phi) is 3.81. The summed E-state index contributed by atoms with van der Waals surface area (Å²) in [4.78, 5) is 0.112. The maximum atomic E-state index is 12.6. The summed E-state index contributed by atoms with van der Waals surface area (Å²) in [6, 6.07) is 4.38. The standard InChI is InChI=1S/C14H20N2O4S/c1-19-12-8-10(15)4-5-13(12)21(17,18)16-11-6-7-20-14(11)9-2-3-9/h4-5,8-9,11,14,16H,2-3,6-7,15H2,1H3. The summed E-state index contributed by atoms with van der Waals surface area (Å²) < 4.78 is 38.7. The first-order chi connectivity index (χ1) is 10.0. The van der Waals surface area contributed by atoms with Crippen LogP contribution in [0.15, 0.2) is 23.1 Å². The van der Waals surface area contributed by atoms with Gasteiger partial charge in [0.2, 0.25) is 10.0 Å². The first-order valence-electron chi connectivity index (χ1n) is 7.09. The Morgan fingerprint density at radius 1 is 1.33 bits per heavy atom. The fourth-order valence-corrected chi connectivity index (χ4v) is 4.23. The largest absolute Gasteiger partial charge is 0.495 e. The molecule has 21 heavy (non-hydrogen) atoms. The van der Waals surface area contributed by atoms with E-state index in [1.165, 1.54) is 19.2 Å². The van der Waals surface area contributed by atoms with Gasteiger partial charge in [-0.2, -0.15) is 0 Å². The van der Waals surface area contributed by atoms with Crippen molar-refractivity contribution in [3.63, 3.8) is 0 Å². The van der Waals surface area contributed by atoms with Crippen LogP contribution in [0, 0.1) is 5.92 Å². The zero-order valence-corrected chi connectivity index (χ0v) is 12.7. The highest BCUT2D eigenvalue weighted by molar-refractivity contribution is 7.89. The number of nitrogens with two attached hydrogens (primary N) is 1. The Balaban J connectivity index is 1.83. The molecule has 7 heteroatoms. The number of methoxy groups -OCH3 is 1. The molecule has 1 aromatic carbocycles. The van der Waals surface area contributed by atoms with Gasteiger partial charge in [0.1, 0.15) is 10.6 Å². The third-order valence-corrected chi connectivity index (χ3v) is 5.54. The zero-order valence-electron chi connectivity index (χ0n) is 11.9. The minimum absolute atomic E-state index is 0.000415. The Hall–Kier alpha value is -1.31.